The number of carbonyl (C=O) groups excluding carboxylic acids is 2. The SMILES string of the molecule is CCC(C(=O)N1CCC(NC(=O)CCOCC(C)C)CC1)c1ccccc1. The first-order valence-corrected chi connectivity index (χ1v) is 10.2. The second-order valence-corrected chi connectivity index (χ2v) is 7.76. The maximum absolute atomic E-state index is 12.9. The Balaban J connectivity index is 1.74. The Morgan fingerprint density at radius 1 is 1.19 bits per heavy atom. The second-order valence-electron chi connectivity index (χ2n) is 7.76. The zero-order valence-electron chi connectivity index (χ0n) is 16.9. The highest BCUT2D eigenvalue weighted by Crippen LogP contribution is 2.24. The van der Waals surface area contributed by atoms with Crippen molar-refractivity contribution in [1.29, 1.82) is 0 Å². The number of amides is 2. The van der Waals surface area contributed by atoms with Crippen molar-refractivity contribution in [3.8, 4) is 0 Å². The Morgan fingerprint density at radius 2 is 1.85 bits per heavy atom. The smallest absolute Gasteiger partial charge is 0.230 e. The molecule has 0 bridgehead atoms. The third-order valence-corrected chi connectivity index (χ3v) is 5.00. The van der Waals surface area contributed by atoms with Gasteiger partial charge in [-0.25, -0.2) is 0 Å². The summed E-state index contributed by atoms with van der Waals surface area (Å²) in [6.45, 7) is 8.81. The molecule has 1 aliphatic heterocycles. The summed E-state index contributed by atoms with van der Waals surface area (Å²) in [4.78, 5) is 26.9. The van der Waals surface area contributed by atoms with Crippen molar-refractivity contribution in [3.63, 3.8) is 0 Å². The molecule has 0 aromatic heterocycles. The lowest BCUT2D eigenvalue weighted by Crippen LogP contribution is -2.47. The highest BCUT2D eigenvalue weighted by atomic mass is 16.5. The summed E-state index contributed by atoms with van der Waals surface area (Å²) < 4.78 is 5.47. The van der Waals surface area contributed by atoms with Crippen LogP contribution in [0.25, 0.3) is 0 Å². The summed E-state index contributed by atoms with van der Waals surface area (Å²) in [5.74, 6) is 0.656. The minimum Gasteiger partial charge on any atom is -0.381 e. The van der Waals surface area contributed by atoms with Gasteiger partial charge in [-0.15, -0.1) is 0 Å². The molecular formula is C22H34N2O3. The normalized spacial score (nSPS) is 16.4. The van der Waals surface area contributed by atoms with Crippen LogP contribution in [0.4, 0.5) is 0 Å². The van der Waals surface area contributed by atoms with Gasteiger partial charge >= 0.3 is 0 Å². The molecule has 0 radical (unpaired) electrons. The van der Waals surface area contributed by atoms with Gasteiger partial charge in [0.05, 0.1) is 12.5 Å². The summed E-state index contributed by atoms with van der Waals surface area (Å²) in [7, 11) is 0. The molecule has 1 aromatic carbocycles. The molecule has 1 heterocycles. The monoisotopic (exact) mass is 374 g/mol. The van der Waals surface area contributed by atoms with Gasteiger partial charge in [-0.2, -0.15) is 0 Å². The second kappa shape index (κ2) is 11.1. The average molecular weight is 375 g/mol. The molecule has 1 fully saturated rings. The van der Waals surface area contributed by atoms with Crippen LogP contribution in [-0.4, -0.2) is 49.1 Å². The first-order valence-electron chi connectivity index (χ1n) is 10.2. The molecule has 1 aromatic rings. The van der Waals surface area contributed by atoms with E-state index in [1.165, 1.54) is 0 Å². The van der Waals surface area contributed by atoms with Crippen molar-refractivity contribution in [2.45, 2.75) is 58.4 Å². The number of nitrogens with zero attached hydrogens (tertiary/aromatic N) is 1. The molecule has 1 atom stereocenters. The van der Waals surface area contributed by atoms with E-state index in [-0.39, 0.29) is 23.8 Å². The molecule has 2 rings (SSSR count). The molecule has 1 N–H and O–H groups in total. The summed E-state index contributed by atoms with van der Waals surface area (Å²) in [6, 6.07) is 10.2. The van der Waals surface area contributed by atoms with E-state index in [1.807, 2.05) is 35.2 Å². The summed E-state index contributed by atoms with van der Waals surface area (Å²) >= 11 is 0. The van der Waals surface area contributed by atoms with Crippen LogP contribution in [-0.2, 0) is 14.3 Å². The quantitative estimate of drug-likeness (QED) is 0.675. The minimum atomic E-state index is -0.0737. The molecule has 2 amide bonds. The number of carbonyl (C=O) groups is 2. The van der Waals surface area contributed by atoms with Gasteiger partial charge in [0.25, 0.3) is 0 Å². The maximum Gasteiger partial charge on any atom is 0.230 e. The molecule has 5 nitrogen and oxygen atoms in total. The van der Waals surface area contributed by atoms with Crippen molar-refractivity contribution in [2.75, 3.05) is 26.3 Å². The maximum atomic E-state index is 12.9. The Hall–Kier alpha value is -1.88. The van der Waals surface area contributed by atoms with Crippen LogP contribution in [0.5, 0.6) is 0 Å². The Bertz CT molecular complexity index is 580. The lowest BCUT2D eigenvalue weighted by molar-refractivity contribution is -0.134. The Morgan fingerprint density at radius 3 is 2.44 bits per heavy atom. The lowest BCUT2D eigenvalue weighted by Gasteiger charge is -2.34. The van der Waals surface area contributed by atoms with Crippen LogP contribution in [0.1, 0.15) is 57.9 Å². The average Bonchev–Trinajstić information content (AvgIpc) is 2.67. The number of hydrogen-bond acceptors (Lipinski definition) is 3. The molecule has 0 saturated carbocycles. The number of likely N-dealkylation sites (tertiary alicyclic amines) is 1. The van der Waals surface area contributed by atoms with E-state index in [4.69, 9.17) is 4.74 Å². The van der Waals surface area contributed by atoms with Gasteiger partial charge in [0, 0.05) is 32.2 Å². The van der Waals surface area contributed by atoms with Gasteiger partial charge in [0.15, 0.2) is 0 Å². The molecular weight excluding hydrogens is 340 g/mol. The Kier molecular flexibility index (Phi) is 8.79. The highest BCUT2D eigenvalue weighted by molar-refractivity contribution is 5.84. The first-order chi connectivity index (χ1) is 13.0. The van der Waals surface area contributed by atoms with E-state index in [0.29, 0.717) is 38.6 Å². The van der Waals surface area contributed by atoms with Gasteiger partial charge in [0.2, 0.25) is 11.8 Å². The van der Waals surface area contributed by atoms with E-state index < -0.39 is 0 Å². The third kappa shape index (κ3) is 6.98. The van der Waals surface area contributed by atoms with Crippen LogP contribution >= 0.6 is 0 Å². The van der Waals surface area contributed by atoms with Crippen LogP contribution in [0.2, 0.25) is 0 Å². The number of nitrogens with one attached hydrogen (secondary N) is 1. The molecule has 150 valence electrons. The predicted octanol–water partition coefficient (Wildman–Crippen LogP) is 3.35. The molecule has 1 saturated heterocycles. The highest BCUT2D eigenvalue weighted by Gasteiger charge is 2.28. The fourth-order valence-electron chi connectivity index (χ4n) is 3.49. The van der Waals surface area contributed by atoms with Crippen molar-refractivity contribution >= 4 is 11.8 Å². The van der Waals surface area contributed by atoms with E-state index in [1.54, 1.807) is 0 Å². The fraction of sp³-hybridized carbons (Fsp3) is 0.636. The van der Waals surface area contributed by atoms with E-state index in [2.05, 4.69) is 26.1 Å². The van der Waals surface area contributed by atoms with Crippen molar-refractivity contribution in [1.82, 2.24) is 10.2 Å². The molecule has 0 aliphatic carbocycles. The summed E-state index contributed by atoms with van der Waals surface area (Å²) in [5, 5.41) is 3.08. The van der Waals surface area contributed by atoms with Gasteiger partial charge in [0.1, 0.15) is 0 Å². The summed E-state index contributed by atoms with van der Waals surface area (Å²) in [6.07, 6.45) is 2.83. The minimum absolute atomic E-state index is 0.0410. The van der Waals surface area contributed by atoms with E-state index >= 15 is 0 Å². The van der Waals surface area contributed by atoms with E-state index in [0.717, 1.165) is 24.8 Å². The van der Waals surface area contributed by atoms with Crippen LogP contribution in [0.15, 0.2) is 30.3 Å². The van der Waals surface area contributed by atoms with Gasteiger partial charge in [-0.1, -0.05) is 51.1 Å². The zero-order valence-corrected chi connectivity index (χ0v) is 16.9. The molecule has 27 heavy (non-hydrogen) atoms. The van der Waals surface area contributed by atoms with Crippen molar-refractivity contribution < 1.29 is 14.3 Å². The number of benzene rings is 1. The number of ether oxygens (including phenoxy) is 1. The van der Waals surface area contributed by atoms with Gasteiger partial charge in [-0.05, 0) is 30.7 Å². The lowest BCUT2D eigenvalue weighted by atomic mass is 9.93. The number of piperidine rings is 1. The third-order valence-electron chi connectivity index (χ3n) is 5.00. The van der Waals surface area contributed by atoms with Crippen LogP contribution in [0.3, 0.4) is 0 Å². The topological polar surface area (TPSA) is 58.6 Å². The fourth-order valence-corrected chi connectivity index (χ4v) is 3.49. The molecule has 0 spiro atoms. The molecule has 1 unspecified atom stereocenters. The largest absolute Gasteiger partial charge is 0.381 e. The summed E-state index contributed by atoms with van der Waals surface area (Å²) in [5.41, 5.74) is 1.09. The van der Waals surface area contributed by atoms with Gasteiger partial charge < -0.3 is 15.0 Å². The van der Waals surface area contributed by atoms with Crippen molar-refractivity contribution in [2.24, 2.45) is 5.92 Å². The zero-order chi connectivity index (χ0) is 19.6. The first kappa shape index (κ1) is 21.4. The number of hydrogen-bond donors (Lipinski definition) is 1. The standard InChI is InChI=1S/C22H34N2O3/c1-4-20(18-8-6-5-7-9-18)22(26)24-13-10-19(11-14-24)23-21(25)12-15-27-16-17(2)3/h5-9,17,19-20H,4,10-16H2,1-3H3,(H,23,25). The molecule has 1 aliphatic rings. The Labute approximate surface area is 163 Å². The predicted molar refractivity (Wildman–Crippen MR) is 107 cm³/mol. The van der Waals surface area contributed by atoms with Gasteiger partial charge in [-0.3, -0.25) is 9.59 Å². The van der Waals surface area contributed by atoms with Crippen molar-refractivity contribution in [3.05, 3.63) is 35.9 Å². The van der Waals surface area contributed by atoms with Crippen LogP contribution < -0.4 is 5.32 Å². The number of rotatable bonds is 9. The van der Waals surface area contributed by atoms with Crippen LogP contribution in [0, 0.1) is 5.92 Å². The van der Waals surface area contributed by atoms with E-state index in [9.17, 15) is 9.59 Å². The molecule has 5 heteroatoms.